The SMILES string of the molecule is O=C1O[C@@H]2C[C@@]3(C(=O)NCCO)[C@H](ON(Cc4ccccc4C=COCCO)[C@@H]13)[C@H]1OCO[C@H]12. The highest BCUT2D eigenvalue weighted by Crippen LogP contribution is 2.55. The van der Waals surface area contributed by atoms with Crippen LogP contribution in [0.15, 0.2) is 30.5 Å². The minimum atomic E-state index is -1.24. The molecule has 0 spiro atoms. The molecule has 6 atom stereocenters. The number of aliphatic hydroxyl groups excluding tert-OH is 2. The summed E-state index contributed by atoms with van der Waals surface area (Å²) in [6.07, 6.45) is 1.06. The van der Waals surface area contributed by atoms with Crippen molar-refractivity contribution < 1.29 is 43.6 Å². The number of ether oxygens (including phenoxy) is 4. The zero-order valence-electron chi connectivity index (χ0n) is 18.5. The summed E-state index contributed by atoms with van der Waals surface area (Å²) in [5.41, 5.74) is 0.433. The van der Waals surface area contributed by atoms with E-state index in [-0.39, 0.29) is 52.0 Å². The quantitative estimate of drug-likeness (QED) is 0.239. The van der Waals surface area contributed by atoms with Crippen molar-refractivity contribution in [2.45, 2.75) is 43.4 Å². The third kappa shape index (κ3) is 3.78. The van der Waals surface area contributed by atoms with Crippen LogP contribution in [0.4, 0.5) is 0 Å². The number of esters is 1. The molecular formula is C23H28N2O9. The third-order valence-electron chi connectivity index (χ3n) is 6.83. The molecular weight excluding hydrogens is 448 g/mol. The van der Waals surface area contributed by atoms with Crippen LogP contribution in [0.2, 0.25) is 0 Å². The van der Waals surface area contributed by atoms with E-state index < -0.39 is 41.8 Å². The first-order valence-electron chi connectivity index (χ1n) is 11.3. The Balaban J connectivity index is 1.47. The second kappa shape index (κ2) is 9.61. The second-order valence-electron chi connectivity index (χ2n) is 8.68. The number of aliphatic hydroxyl groups is 2. The molecule has 184 valence electrons. The number of hydroxylamine groups is 2. The number of nitrogens with zero attached hydrogens (tertiary/aromatic N) is 1. The molecule has 0 radical (unpaired) electrons. The van der Waals surface area contributed by atoms with E-state index in [4.69, 9.17) is 28.9 Å². The molecule has 0 unspecified atom stereocenters. The number of hydrogen-bond acceptors (Lipinski definition) is 10. The molecule has 1 amide bonds. The number of rotatable bonds is 9. The monoisotopic (exact) mass is 476 g/mol. The molecule has 34 heavy (non-hydrogen) atoms. The summed E-state index contributed by atoms with van der Waals surface area (Å²) in [6, 6.07) is 6.54. The molecule has 0 aromatic heterocycles. The van der Waals surface area contributed by atoms with Crippen molar-refractivity contribution in [1.82, 2.24) is 10.4 Å². The third-order valence-corrected chi connectivity index (χ3v) is 6.83. The topological polar surface area (TPSA) is 136 Å². The fraction of sp³-hybridized carbons (Fsp3) is 0.565. The van der Waals surface area contributed by atoms with E-state index in [1.165, 1.54) is 11.3 Å². The Hall–Kier alpha value is -2.54. The van der Waals surface area contributed by atoms with Crippen LogP contribution in [0.1, 0.15) is 17.5 Å². The predicted molar refractivity (Wildman–Crippen MR) is 114 cm³/mol. The van der Waals surface area contributed by atoms with Crippen LogP contribution >= 0.6 is 0 Å². The van der Waals surface area contributed by atoms with Crippen molar-refractivity contribution in [3.05, 3.63) is 41.7 Å². The van der Waals surface area contributed by atoms with Gasteiger partial charge in [0, 0.05) is 13.0 Å². The lowest BCUT2D eigenvalue weighted by atomic mass is 9.62. The Morgan fingerprint density at radius 3 is 2.88 bits per heavy atom. The van der Waals surface area contributed by atoms with Crippen LogP contribution in [0.5, 0.6) is 0 Å². The molecule has 4 fully saturated rings. The summed E-state index contributed by atoms with van der Waals surface area (Å²) >= 11 is 0. The molecule has 5 rings (SSSR count). The largest absolute Gasteiger partial charge is 0.499 e. The first-order chi connectivity index (χ1) is 16.6. The van der Waals surface area contributed by atoms with Gasteiger partial charge < -0.3 is 34.5 Å². The standard InChI is InChI=1S/C23H28N2O9/c26-7-6-24-22(29)23-11-16-17-18(32-13-31-17)20(23)34-25(19(23)21(28)33-16)12-15-4-2-1-3-14(15)5-9-30-10-8-27/h1-5,9,16-20,26-27H,6-8,10-13H2,(H,24,29)/t16-,17+,18+,19+,20-,23+/m1/s1. The molecule has 1 aromatic rings. The molecule has 1 saturated carbocycles. The Kier molecular flexibility index (Phi) is 6.56. The highest BCUT2D eigenvalue weighted by Gasteiger charge is 2.74. The minimum absolute atomic E-state index is 0.0315. The minimum Gasteiger partial charge on any atom is -0.499 e. The Morgan fingerprint density at radius 2 is 2.06 bits per heavy atom. The van der Waals surface area contributed by atoms with Crippen molar-refractivity contribution >= 4 is 18.0 Å². The van der Waals surface area contributed by atoms with Crippen molar-refractivity contribution in [1.29, 1.82) is 0 Å². The maximum atomic E-state index is 13.5. The lowest BCUT2D eigenvalue weighted by Gasteiger charge is -2.48. The lowest BCUT2D eigenvalue weighted by molar-refractivity contribution is -0.201. The van der Waals surface area contributed by atoms with E-state index in [0.717, 1.165) is 11.1 Å². The summed E-state index contributed by atoms with van der Waals surface area (Å²) < 4.78 is 22.4. The van der Waals surface area contributed by atoms with Gasteiger partial charge in [0.15, 0.2) is 6.04 Å². The molecule has 1 aromatic carbocycles. The zero-order valence-corrected chi connectivity index (χ0v) is 18.5. The number of hydrogen-bond donors (Lipinski definition) is 3. The van der Waals surface area contributed by atoms with Gasteiger partial charge in [-0.05, 0) is 17.2 Å². The van der Waals surface area contributed by atoms with Crippen LogP contribution in [-0.2, 0) is 39.9 Å². The fourth-order valence-electron chi connectivity index (χ4n) is 5.42. The molecule has 1 aliphatic carbocycles. The molecule has 3 aliphatic heterocycles. The summed E-state index contributed by atoms with van der Waals surface area (Å²) in [5, 5.41) is 22.4. The van der Waals surface area contributed by atoms with Gasteiger partial charge in [-0.1, -0.05) is 24.3 Å². The maximum absolute atomic E-state index is 13.5. The Labute approximate surface area is 196 Å². The average molecular weight is 476 g/mol. The number of amides is 1. The lowest BCUT2D eigenvalue weighted by Crippen LogP contribution is -2.69. The van der Waals surface area contributed by atoms with Gasteiger partial charge in [-0.3, -0.25) is 14.4 Å². The van der Waals surface area contributed by atoms with Crippen LogP contribution in [0.3, 0.4) is 0 Å². The van der Waals surface area contributed by atoms with Gasteiger partial charge in [0.1, 0.15) is 43.2 Å². The number of nitrogens with one attached hydrogen (secondary N) is 1. The molecule has 11 heteroatoms. The fourth-order valence-corrected chi connectivity index (χ4v) is 5.42. The van der Waals surface area contributed by atoms with E-state index in [0.29, 0.717) is 0 Å². The van der Waals surface area contributed by atoms with Gasteiger partial charge in [-0.25, -0.2) is 0 Å². The van der Waals surface area contributed by atoms with Gasteiger partial charge in [0.25, 0.3) is 0 Å². The average Bonchev–Trinajstić information content (AvgIpc) is 3.46. The normalized spacial score (nSPS) is 34.2. The Bertz CT molecular complexity index is 956. The molecule has 2 bridgehead atoms. The number of benzene rings is 1. The number of fused-ring (bicyclic) bond motifs is 4. The molecule has 4 aliphatic rings. The smallest absolute Gasteiger partial charge is 0.327 e. The first kappa shape index (κ1) is 23.2. The van der Waals surface area contributed by atoms with Crippen molar-refractivity contribution in [3.63, 3.8) is 0 Å². The Morgan fingerprint density at radius 1 is 1.24 bits per heavy atom. The highest BCUT2D eigenvalue weighted by atomic mass is 16.8. The molecule has 11 nitrogen and oxygen atoms in total. The van der Waals surface area contributed by atoms with Gasteiger partial charge in [-0.15, -0.1) is 0 Å². The van der Waals surface area contributed by atoms with E-state index >= 15 is 0 Å². The van der Waals surface area contributed by atoms with E-state index in [9.17, 15) is 14.7 Å². The van der Waals surface area contributed by atoms with Crippen LogP contribution in [0, 0.1) is 5.41 Å². The molecule has 3 N–H and O–H groups in total. The van der Waals surface area contributed by atoms with Gasteiger partial charge >= 0.3 is 5.97 Å². The van der Waals surface area contributed by atoms with Crippen molar-refractivity contribution in [2.75, 3.05) is 33.2 Å². The second-order valence-corrected chi connectivity index (χ2v) is 8.68. The number of carbonyl (C=O) groups is 2. The van der Waals surface area contributed by atoms with Crippen molar-refractivity contribution in [3.8, 4) is 0 Å². The van der Waals surface area contributed by atoms with E-state index in [1.807, 2.05) is 24.3 Å². The predicted octanol–water partition coefficient (Wildman–Crippen LogP) is -0.684. The molecule has 3 heterocycles. The highest BCUT2D eigenvalue weighted by molar-refractivity contribution is 5.93. The summed E-state index contributed by atoms with van der Waals surface area (Å²) in [6.45, 7) is 0.166. The zero-order chi connectivity index (χ0) is 23.7. The van der Waals surface area contributed by atoms with Gasteiger partial charge in [0.05, 0.1) is 26.0 Å². The van der Waals surface area contributed by atoms with E-state index in [1.54, 1.807) is 6.08 Å². The van der Waals surface area contributed by atoms with Crippen LogP contribution < -0.4 is 5.32 Å². The summed E-state index contributed by atoms with van der Waals surface area (Å²) in [4.78, 5) is 33.0. The van der Waals surface area contributed by atoms with Crippen LogP contribution in [-0.4, -0.2) is 90.8 Å². The van der Waals surface area contributed by atoms with Gasteiger partial charge in [-0.2, -0.15) is 5.06 Å². The van der Waals surface area contributed by atoms with Crippen LogP contribution in [0.25, 0.3) is 6.08 Å². The first-order valence-corrected chi connectivity index (χ1v) is 11.3. The van der Waals surface area contributed by atoms with Gasteiger partial charge in [0.2, 0.25) is 5.91 Å². The summed E-state index contributed by atoms with van der Waals surface area (Å²) in [7, 11) is 0. The molecule has 3 saturated heterocycles. The number of carbonyl (C=O) groups excluding carboxylic acids is 2. The maximum Gasteiger partial charge on any atom is 0.327 e. The summed E-state index contributed by atoms with van der Waals surface area (Å²) in [5.74, 6) is -0.925. The van der Waals surface area contributed by atoms with E-state index in [2.05, 4.69) is 5.32 Å². The van der Waals surface area contributed by atoms with Crippen molar-refractivity contribution in [2.24, 2.45) is 5.41 Å².